The normalized spacial score (nSPS) is 12.9. The molecule has 4 nitrogen and oxygen atoms in total. The molecule has 2 aromatic carbocycles. The molecule has 4 rings (SSSR count). The van der Waals surface area contributed by atoms with E-state index in [1.165, 1.54) is 29.3 Å². The van der Waals surface area contributed by atoms with Gasteiger partial charge in [-0.15, -0.1) is 0 Å². The number of fused-ring (bicyclic) bond motifs is 1. The summed E-state index contributed by atoms with van der Waals surface area (Å²) >= 11 is 0. The summed E-state index contributed by atoms with van der Waals surface area (Å²) in [5, 5.41) is 6.66. The van der Waals surface area contributed by atoms with E-state index in [0.29, 0.717) is 11.3 Å². The molecule has 0 saturated carbocycles. The predicted molar refractivity (Wildman–Crippen MR) is 88.3 cm³/mol. The average Bonchev–Trinajstić information content (AvgIpc) is 3.24. The molecule has 0 aliphatic heterocycles. The van der Waals surface area contributed by atoms with Crippen molar-refractivity contribution in [2.75, 3.05) is 5.32 Å². The maximum Gasteiger partial charge on any atom is 0.294 e. The van der Waals surface area contributed by atoms with Crippen LogP contribution in [0.15, 0.2) is 53.1 Å². The third-order valence-corrected chi connectivity index (χ3v) is 4.21. The number of rotatable bonds is 3. The van der Waals surface area contributed by atoms with Gasteiger partial charge in [0, 0.05) is 17.3 Å². The van der Waals surface area contributed by atoms with Crippen LogP contribution in [0.4, 0.5) is 10.1 Å². The van der Waals surface area contributed by atoms with Crippen molar-refractivity contribution >= 4 is 11.6 Å². The SMILES string of the molecule is O=C(Nc1ccc2c(c1)CCC2)c1cc(-c2cccc(F)c2)no1. The van der Waals surface area contributed by atoms with E-state index in [0.717, 1.165) is 24.9 Å². The Morgan fingerprint density at radius 3 is 2.83 bits per heavy atom. The van der Waals surface area contributed by atoms with Crippen molar-refractivity contribution in [2.24, 2.45) is 0 Å². The Bertz CT molecular complexity index is 917. The van der Waals surface area contributed by atoms with Crippen LogP contribution in [0.1, 0.15) is 28.1 Å². The van der Waals surface area contributed by atoms with E-state index in [2.05, 4.69) is 16.5 Å². The lowest BCUT2D eigenvalue weighted by molar-refractivity contribution is 0.0988. The summed E-state index contributed by atoms with van der Waals surface area (Å²) in [4.78, 5) is 12.3. The van der Waals surface area contributed by atoms with E-state index in [9.17, 15) is 9.18 Å². The van der Waals surface area contributed by atoms with Crippen LogP contribution in [-0.4, -0.2) is 11.1 Å². The molecule has 1 heterocycles. The number of amides is 1. The molecule has 24 heavy (non-hydrogen) atoms. The van der Waals surface area contributed by atoms with E-state index in [1.54, 1.807) is 12.1 Å². The monoisotopic (exact) mass is 322 g/mol. The number of nitrogens with one attached hydrogen (secondary N) is 1. The molecule has 0 atom stereocenters. The average molecular weight is 322 g/mol. The molecular formula is C19H15FN2O2. The number of aryl methyl sites for hydroxylation is 2. The zero-order valence-electron chi connectivity index (χ0n) is 12.9. The van der Waals surface area contributed by atoms with Crippen LogP contribution in [0, 0.1) is 5.82 Å². The maximum atomic E-state index is 13.3. The van der Waals surface area contributed by atoms with Gasteiger partial charge in [-0.3, -0.25) is 4.79 Å². The van der Waals surface area contributed by atoms with Gasteiger partial charge in [0.25, 0.3) is 5.91 Å². The second kappa shape index (κ2) is 5.92. The number of nitrogens with zero attached hydrogens (tertiary/aromatic N) is 1. The summed E-state index contributed by atoms with van der Waals surface area (Å²) in [5.41, 5.74) is 4.36. The molecule has 5 heteroatoms. The molecule has 0 spiro atoms. The minimum Gasteiger partial charge on any atom is -0.350 e. The van der Waals surface area contributed by atoms with Crippen molar-refractivity contribution in [1.82, 2.24) is 5.16 Å². The van der Waals surface area contributed by atoms with Gasteiger partial charge in [-0.2, -0.15) is 0 Å². The summed E-state index contributed by atoms with van der Waals surface area (Å²) in [5.74, 6) is -0.641. The Kier molecular flexibility index (Phi) is 3.61. The molecule has 1 amide bonds. The summed E-state index contributed by atoms with van der Waals surface area (Å²) < 4.78 is 18.4. The highest BCUT2D eigenvalue weighted by Crippen LogP contribution is 2.25. The smallest absolute Gasteiger partial charge is 0.294 e. The van der Waals surface area contributed by atoms with E-state index < -0.39 is 0 Å². The first-order chi connectivity index (χ1) is 11.7. The third kappa shape index (κ3) is 2.80. The largest absolute Gasteiger partial charge is 0.350 e. The summed E-state index contributed by atoms with van der Waals surface area (Å²) in [6, 6.07) is 13.5. The van der Waals surface area contributed by atoms with Crippen LogP contribution < -0.4 is 5.32 Å². The Morgan fingerprint density at radius 2 is 1.96 bits per heavy atom. The predicted octanol–water partition coefficient (Wildman–Crippen LogP) is 4.22. The zero-order chi connectivity index (χ0) is 16.5. The number of hydrogen-bond donors (Lipinski definition) is 1. The fraction of sp³-hybridized carbons (Fsp3) is 0.158. The molecule has 1 aliphatic rings. The van der Waals surface area contributed by atoms with Crippen molar-refractivity contribution in [3.05, 3.63) is 71.2 Å². The van der Waals surface area contributed by atoms with Crippen LogP contribution in [0.25, 0.3) is 11.3 Å². The molecule has 0 unspecified atom stereocenters. The number of halogens is 1. The van der Waals surface area contributed by atoms with Gasteiger partial charge in [-0.1, -0.05) is 23.4 Å². The van der Waals surface area contributed by atoms with Crippen molar-refractivity contribution < 1.29 is 13.7 Å². The van der Waals surface area contributed by atoms with Crippen molar-refractivity contribution in [2.45, 2.75) is 19.3 Å². The molecular weight excluding hydrogens is 307 g/mol. The Labute approximate surface area is 138 Å². The zero-order valence-corrected chi connectivity index (χ0v) is 12.9. The fourth-order valence-corrected chi connectivity index (χ4v) is 3.01. The van der Waals surface area contributed by atoms with E-state index in [1.807, 2.05) is 12.1 Å². The first-order valence-electron chi connectivity index (χ1n) is 7.85. The standard InChI is InChI=1S/C19H15FN2O2/c20-15-6-2-5-14(9-15)17-11-18(24-22-17)19(23)21-16-8-7-12-3-1-4-13(12)10-16/h2,5-11H,1,3-4H2,(H,21,23). The number of anilines is 1. The van der Waals surface area contributed by atoms with Gasteiger partial charge >= 0.3 is 0 Å². The molecule has 3 aromatic rings. The van der Waals surface area contributed by atoms with Crippen LogP contribution in [0.2, 0.25) is 0 Å². The van der Waals surface area contributed by atoms with Crippen molar-refractivity contribution in [3.8, 4) is 11.3 Å². The molecule has 1 aliphatic carbocycles. The van der Waals surface area contributed by atoms with Crippen LogP contribution in [-0.2, 0) is 12.8 Å². The summed E-state index contributed by atoms with van der Waals surface area (Å²) in [6.07, 6.45) is 3.31. The highest BCUT2D eigenvalue weighted by molar-refractivity contribution is 6.02. The Morgan fingerprint density at radius 1 is 1.08 bits per heavy atom. The minimum atomic E-state index is -0.372. The summed E-state index contributed by atoms with van der Waals surface area (Å²) in [6.45, 7) is 0. The van der Waals surface area contributed by atoms with Gasteiger partial charge in [0.2, 0.25) is 5.76 Å². The number of benzene rings is 2. The van der Waals surface area contributed by atoms with Gasteiger partial charge in [-0.05, 0) is 54.7 Å². The van der Waals surface area contributed by atoms with Gasteiger partial charge in [0.1, 0.15) is 11.5 Å². The van der Waals surface area contributed by atoms with E-state index in [4.69, 9.17) is 4.52 Å². The summed E-state index contributed by atoms with van der Waals surface area (Å²) in [7, 11) is 0. The molecule has 0 fully saturated rings. The van der Waals surface area contributed by atoms with Gasteiger partial charge in [-0.25, -0.2) is 4.39 Å². The highest BCUT2D eigenvalue weighted by Gasteiger charge is 2.16. The molecule has 1 N–H and O–H groups in total. The number of hydrogen-bond acceptors (Lipinski definition) is 3. The fourth-order valence-electron chi connectivity index (χ4n) is 3.01. The molecule has 0 bridgehead atoms. The first kappa shape index (κ1) is 14.6. The number of carbonyl (C=O) groups is 1. The van der Waals surface area contributed by atoms with E-state index in [-0.39, 0.29) is 17.5 Å². The van der Waals surface area contributed by atoms with Gasteiger partial charge in [0.15, 0.2) is 0 Å². The topological polar surface area (TPSA) is 55.1 Å². The lowest BCUT2D eigenvalue weighted by Crippen LogP contribution is -2.11. The van der Waals surface area contributed by atoms with Crippen LogP contribution in [0.3, 0.4) is 0 Å². The van der Waals surface area contributed by atoms with Crippen LogP contribution >= 0.6 is 0 Å². The van der Waals surface area contributed by atoms with Crippen molar-refractivity contribution in [3.63, 3.8) is 0 Å². The number of carbonyl (C=O) groups excluding carboxylic acids is 1. The quantitative estimate of drug-likeness (QED) is 0.785. The molecule has 120 valence electrons. The molecule has 1 aromatic heterocycles. The third-order valence-electron chi connectivity index (χ3n) is 4.21. The van der Waals surface area contributed by atoms with Gasteiger partial charge in [0.05, 0.1) is 0 Å². The second-order valence-electron chi connectivity index (χ2n) is 5.88. The van der Waals surface area contributed by atoms with Crippen LogP contribution in [0.5, 0.6) is 0 Å². The minimum absolute atomic E-state index is 0.0924. The highest BCUT2D eigenvalue weighted by atomic mass is 19.1. The second-order valence-corrected chi connectivity index (χ2v) is 5.88. The Balaban J connectivity index is 1.53. The molecule has 0 saturated heterocycles. The van der Waals surface area contributed by atoms with E-state index >= 15 is 0 Å². The first-order valence-corrected chi connectivity index (χ1v) is 7.85. The van der Waals surface area contributed by atoms with Gasteiger partial charge < -0.3 is 9.84 Å². The maximum absolute atomic E-state index is 13.3. The Hall–Kier alpha value is -2.95. The van der Waals surface area contributed by atoms with Crippen molar-refractivity contribution in [1.29, 1.82) is 0 Å². The lowest BCUT2D eigenvalue weighted by Gasteiger charge is -2.05. The molecule has 0 radical (unpaired) electrons. The lowest BCUT2D eigenvalue weighted by atomic mass is 10.1. The number of aromatic nitrogens is 1.